The maximum absolute atomic E-state index is 12.7. The van der Waals surface area contributed by atoms with Gasteiger partial charge in [-0.3, -0.25) is 4.79 Å². The number of carbonyl (C=O) groups is 1. The number of esters is 1. The van der Waals surface area contributed by atoms with E-state index in [1.165, 1.54) is 0 Å². The largest absolute Gasteiger partial charge is 0.463 e. The Morgan fingerprint density at radius 1 is 0.977 bits per heavy atom. The van der Waals surface area contributed by atoms with E-state index in [0.29, 0.717) is 41.3 Å². The standard InChI is InChI=1S/C33H40N6O4/c1-5-17-33(4,6-2)32(42)43-19-18-39(22-30(41)23-40)29-14-11-27(12-15-29)36-38-31-16-13-28(20-24(31)3)37-35-26-9-7-25(21-34)8-10-26/h7-16,20,30,40-41H,5-6,17-19,22-23H2,1-4H3. The summed E-state index contributed by atoms with van der Waals surface area (Å²) in [4.78, 5) is 14.6. The monoisotopic (exact) mass is 584 g/mol. The van der Waals surface area contributed by atoms with E-state index in [9.17, 15) is 15.0 Å². The molecule has 0 aliphatic carbocycles. The molecule has 0 fully saturated rings. The molecule has 0 saturated heterocycles. The van der Waals surface area contributed by atoms with E-state index in [1.54, 1.807) is 30.3 Å². The predicted octanol–water partition coefficient (Wildman–Crippen LogP) is 7.62. The SMILES string of the molecule is CCCC(C)(CC)C(=O)OCCN(CC(O)CO)c1ccc(N=Nc2ccc(N=Nc3ccc(C#N)cc3)cc2C)cc1. The maximum Gasteiger partial charge on any atom is 0.311 e. The van der Waals surface area contributed by atoms with Crippen LogP contribution in [0.15, 0.2) is 87.2 Å². The van der Waals surface area contributed by atoms with E-state index >= 15 is 0 Å². The highest BCUT2D eigenvalue weighted by atomic mass is 16.5. The van der Waals surface area contributed by atoms with Crippen molar-refractivity contribution in [3.8, 4) is 6.07 Å². The second-order valence-corrected chi connectivity index (χ2v) is 10.6. The Hall–Kier alpha value is -4.46. The van der Waals surface area contributed by atoms with Crippen LogP contribution in [-0.2, 0) is 9.53 Å². The van der Waals surface area contributed by atoms with Crippen LogP contribution < -0.4 is 4.90 Å². The lowest BCUT2D eigenvalue weighted by molar-refractivity contribution is -0.155. The second kappa shape index (κ2) is 16.2. The van der Waals surface area contributed by atoms with Gasteiger partial charge in [-0.25, -0.2) is 0 Å². The lowest BCUT2D eigenvalue weighted by Crippen LogP contribution is -2.38. The molecule has 0 spiro atoms. The Morgan fingerprint density at radius 2 is 1.58 bits per heavy atom. The first-order valence-corrected chi connectivity index (χ1v) is 14.5. The molecule has 2 atom stereocenters. The zero-order valence-electron chi connectivity index (χ0n) is 25.3. The number of benzene rings is 3. The molecule has 2 N–H and O–H groups in total. The number of nitriles is 1. The highest BCUT2D eigenvalue weighted by Crippen LogP contribution is 2.30. The summed E-state index contributed by atoms with van der Waals surface area (Å²) in [6, 6.07) is 21.8. The zero-order valence-corrected chi connectivity index (χ0v) is 25.3. The van der Waals surface area contributed by atoms with Crippen LogP contribution >= 0.6 is 0 Å². The van der Waals surface area contributed by atoms with Gasteiger partial charge in [0.2, 0.25) is 0 Å². The van der Waals surface area contributed by atoms with Crippen LogP contribution in [0.5, 0.6) is 0 Å². The van der Waals surface area contributed by atoms with Gasteiger partial charge < -0.3 is 19.8 Å². The molecule has 0 bridgehead atoms. The maximum atomic E-state index is 12.7. The Morgan fingerprint density at radius 3 is 2.16 bits per heavy atom. The fraction of sp³-hybridized carbons (Fsp3) is 0.394. The van der Waals surface area contributed by atoms with E-state index in [1.807, 2.05) is 62.1 Å². The molecule has 0 aromatic heterocycles. The number of aliphatic hydroxyl groups is 2. The van der Waals surface area contributed by atoms with Gasteiger partial charge in [0.15, 0.2) is 0 Å². The molecular formula is C33H40N6O4. The van der Waals surface area contributed by atoms with E-state index in [-0.39, 0.29) is 25.7 Å². The predicted molar refractivity (Wildman–Crippen MR) is 167 cm³/mol. The van der Waals surface area contributed by atoms with Crippen molar-refractivity contribution in [3.05, 3.63) is 77.9 Å². The van der Waals surface area contributed by atoms with Gasteiger partial charge in [-0.05, 0) is 99.0 Å². The molecule has 3 rings (SSSR count). The van der Waals surface area contributed by atoms with Gasteiger partial charge in [0.1, 0.15) is 6.61 Å². The molecule has 0 amide bonds. The smallest absolute Gasteiger partial charge is 0.311 e. The highest BCUT2D eigenvalue weighted by molar-refractivity contribution is 5.76. The molecule has 3 aromatic carbocycles. The summed E-state index contributed by atoms with van der Waals surface area (Å²) in [6.45, 7) is 8.23. The van der Waals surface area contributed by atoms with Gasteiger partial charge in [-0.15, -0.1) is 0 Å². The Kier molecular flexibility index (Phi) is 12.5. The van der Waals surface area contributed by atoms with Crippen LogP contribution in [-0.4, -0.2) is 48.6 Å². The number of anilines is 1. The number of nitrogens with zero attached hydrogens (tertiary/aromatic N) is 6. The number of hydrogen-bond acceptors (Lipinski definition) is 10. The van der Waals surface area contributed by atoms with Crippen molar-refractivity contribution in [2.45, 2.75) is 53.1 Å². The minimum atomic E-state index is -0.939. The van der Waals surface area contributed by atoms with Crippen LogP contribution in [0.2, 0.25) is 0 Å². The van der Waals surface area contributed by atoms with Crippen molar-refractivity contribution >= 4 is 34.4 Å². The number of aryl methyl sites for hydroxylation is 1. The van der Waals surface area contributed by atoms with E-state index in [4.69, 9.17) is 10.00 Å². The number of ether oxygens (including phenoxy) is 1. The number of hydrogen-bond donors (Lipinski definition) is 2. The van der Waals surface area contributed by atoms with Crippen LogP contribution in [0.25, 0.3) is 0 Å². The van der Waals surface area contributed by atoms with Crippen molar-refractivity contribution in [2.75, 3.05) is 31.2 Å². The third-order valence-electron chi connectivity index (χ3n) is 7.26. The van der Waals surface area contributed by atoms with Crippen molar-refractivity contribution in [3.63, 3.8) is 0 Å². The van der Waals surface area contributed by atoms with Gasteiger partial charge in [0.05, 0.1) is 59.1 Å². The molecule has 226 valence electrons. The molecule has 3 aromatic rings. The summed E-state index contributed by atoms with van der Waals surface area (Å²) in [5, 5.41) is 45.6. The second-order valence-electron chi connectivity index (χ2n) is 10.6. The van der Waals surface area contributed by atoms with Gasteiger partial charge in [-0.1, -0.05) is 20.3 Å². The molecule has 10 nitrogen and oxygen atoms in total. The number of carbonyl (C=O) groups excluding carboxylic acids is 1. The Labute approximate surface area is 253 Å². The average molecular weight is 585 g/mol. The first kappa shape index (κ1) is 33.0. The Bertz CT molecular complexity index is 1430. The third-order valence-corrected chi connectivity index (χ3v) is 7.26. The molecule has 10 heteroatoms. The molecule has 0 aliphatic heterocycles. The summed E-state index contributed by atoms with van der Waals surface area (Å²) in [7, 11) is 0. The molecular weight excluding hydrogens is 544 g/mol. The van der Waals surface area contributed by atoms with E-state index in [2.05, 4.69) is 33.4 Å². The first-order valence-electron chi connectivity index (χ1n) is 14.5. The van der Waals surface area contributed by atoms with Crippen molar-refractivity contribution in [2.24, 2.45) is 25.9 Å². The minimum absolute atomic E-state index is 0.167. The molecule has 43 heavy (non-hydrogen) atoms. The number of aliphatic hydroxyl groups excluding tert-OH is 2. The van der Waals surface area contributed by atoms with Crippen molar-refractivity contribution in [1.82, 2.24) is 0 Å². The number of azo groups is 2. The van der Waals surface area contributed by atoms with Gasteiger partial charge in [-0.2, -0.15) is 25.7 Å². The van der Waals surface area contributed by atoms with Crippen LogP contribution in [0, 0.1) is 23.7 Å². The molecule has 0 saturated carbocycles. The number of rotatable bonds is 15. The van der Waals surface area contributed by atoms with Gasteiger partial charge in [0.25, 0.3) is 0 Å². The lowest BCUT2D eigenvalue weighted by Gasteiger charge is -2.29. The lowest BCUT2D eigenvalue weighted by atomic mass is 9.83. The van der Waals surface area contributed by atoms with Crippen LogP contribution in [0.1, 0.15) is 51.2 Å². The third kappa shape index (κ3) is 9.81. The summed E-state index contributed by atoms with van der Waals surface area (Å²) >= 11 is 0. The zero-order chi connectivity index (χ0) is 31.2. The Balaban J connectivity index is 1.64. The van der Waals surface area contributed by atoms with E-state index in [0.717, 1.165) is 24.1 Å². The summed E-state index contributed by atoms with van der Waals surface area (Å²) in [5.41, 5.74) is 4.39. The van der Waals surface area contributed by atoms with Gasteiger partial charge in [0, 0.05) is 12.2 Å². The fourth-order valence-corrected chi connectivity index (χ4v) is 4.41. The topological polar surface area (TPSA) is 143 Å². The first-order chi connectivity index (χ1) is 20.7. The normalized spacial score (nSPS) is 13.5. The average Bonchev–Trinajstić information content (AvgIpc) is 3.03. The quantitative estimate of drug-likeness (QED) is 0.139. The summed E-state index contributed by atoms with van der Waals surface area (Å²) < 4.78 is 5.61. The molecule has 0 aliphatic rings. The van der Waals surface area contributed by atoms with Crippen molar-refractivity contribution in [1.29, 1.82) is 5.26 Å². The molecule has 2 unspecified atom stereocenters. The van der Waals surface area contributed by atoms with Gasteiger partial charge >= 0.3 is 5.97 Å². The summed E-state index contributed by atoms with van der Waals surface area (Å²) in [5.74, 6) is -0.215. The van der Waals surface area contributed by atoms with E-state index < -0.39 is 11.5 Å². The molecule has 0 radical (unpaired) electrons. The fourth-order valence-electron chi connectivity index (χ4n) is 4.41. The molecule has 0 heterocycles. The van der Waals surface area contributed by atoms with Crippen molar-refractivity contribution < 1.29 is 19.7 Å². The van der Waals surface area contributed by atoms with Crippen LogP contribution in [0.4, 0.5) is 28.4 Å². The summed E-state index contributed by atoms with van der Waals surface area (Å²) in [6.07, 6.45) is 1.43. The van der Waals surface area contributed by atoms with Crippen LogP contribution in [0.3, 0.4) is 0 Å². The minimum Gasteiger partial charge on any atom is -0.463 e. The highest BCUT2D eigenvalue weighted by Gasteiger charge is 2.32.